The number of sulfonamides is 1. The van der Waals surface area contributed by atoms with E-state index in [0.29, 0.717) is 31.1 Å². The van der Waals surface area contributed by atoms with Gasteiger partial charge in [-0.1, -0.05) is 12.1 Å². The molecule has 1 saturated heterocycles. The van der Waals surface area contributed by atoms with Crippen LogP contribution in [-0.4, -0.2) is 41.7 Å². The molecular weight excluding hydrogens is 432 g/mol. The Morgan fingerprint density at radius 3 is 2.61 bits per heavy atom. The van der Waals surface area contributed by atoms with Crippen LogP contribution in [0.25, 0.3) is 11.3 Å². The lowest BCUT2D eigenvalue weighted by Crippen LogP contribution is -2.41. The molecule has 3 aromatic rings. The summed E-state index contributed by atoms with van der Waals surface area (Å²) in [6.07, 6.45) is 3.84. The Balaban J connectivity index is 1.37. The second kappa shape index (κ2) is 8.86. The van der Waals surface area contributed by atoms with Crippen molar-refractivity contribution in [1.82, 2.24) is 14.3 Å². The molecule has 0 saturated carbocycles. The highest BCUT2D eigenvalue weighted by Crippen LogP contribution is 2.28. The van der Waals surface area contributed by atoms with Gasteiger partial charge < -0.3 is 5.32 Å². The second-order valence-corrected chi connectivity index (χ2v) is 10.5. The van der Waals surface area contributed by atoms with E-state index in [9.17, 15) is 13.2 Å². The molecule has 1 aromatic carbocycles. The summed E-state index contributed by atoms with van der Waals surface area (Å²) >= 11 is 1.39. The minimum atomic E-state index is -3.58. The first-order valence-corrected chi connectivity index (χ1v) is 12.4. The lowest BCUT2D eigenvalue weighted by Gasteiger charge is -2.30. The van der Waals surface area contributed by atoms with Gasteiger partial charge in [-0.15, -0.1) is 11.3 Å². The maximum atomic E-state index is 12.7. The molecule has 0 radical (unpaired) electrons. The number of hydrogen-bond acceptors (Lipinski definition) is 6. The number of benzene rings is 1. The smallest absolute Gasteiger partial charge is 0.244 e. The first-order chi connectivity index (χ1) is 14.8. The third-order valence-electron chi connectivity index (χ3n) is 5.63. The molecule has 1 amide bonds. The summed E-state index contributed by atoms with van der Waals surface area (Å²) in [7, 11) is -3.58. The van der Waals surface area contributed by atoms with Gasteiger partial charge >= 0.3 is 0 Å². The maximum absolute atomic E-state index is 12.7. The molecule has 1 N–H and O–H groups in total. The highest BCUT2D eigenvalue weighted by atomic mass is 32.2. The molecule has 0 aliphatic carbocycles. The van der Waals surface area contributed by atoms with Crippen LogP contribution < -0.4 is 5.32 Å². The number of aromatic nitrogens is 2. The minimum absolute atomic E-state index is 0.112. The number of pyridine rings is 1. The van der Waals surface area contributed by atoms with Crippen molar-refractivity contribution < 1.29 is 13.2 Å². The van der Waals surface area contributed by atoms with E-state index in [0.717, 1.165) is 11.3 Å². The van der Waals surface area contributed by atoms with Gasteiger partial charge in [-0.05, 0) is 56.0 Å². The number of anilines is 1. The van der Waals surface area contributed by atoms with E-state index in [1.807, 2.05) is 11.4 Å². The van der Waals surface area contributed by atoms with Crippen molar-refractivity contribution in [1.29, 1.82) is 0 Å². The Bertz CT molecular complexity index is 1180. The van der Waals surface area contributed by atoms with Crippen molar-refractivity contribution in [2.75, 3.05) is 18.4 Å². The molecule has 2 aromatic heterocycles. The first-order valence-electron chi connectivity index (χ1n) is 10.1. The largest absolute Gasteiger partial charge is 0.302 e. The van der Waals surface area contributed by atoms with Gasteiger partial charge in [0.15, 0.2) is 5.13 Å². The molecule has 1 aliphatic heterocycles. The summed E-state index contributed by atoms with van der Waals surface area (Å²) in [5, 5.41) is 5.40. The summed E-state index contributed by atoms with van der Waals surface area (Å²) in [6.45, 7) is 4.75. The summed E-state index contributed by atoms with van der Waals surface area (Å²) in [5.74, 6) is -0.353. The zero-order chi connectivity index (χ0) is 22.0. The number of nitrogens with zero attached hydrogens (tertiary/aromatic N) is 3. The standard InChI is InChI=1S/C22H24N4O3S2/c1-15-5-6-18(12-16(15)2)20-14-30-22(24-20)25-21(27)17-7-10-26(11-8-17)31(28,29)19-4-3-9-23-13-19/h3-6,9,12-14,17H,7-8,10-11H2,1-2H3,(H,24,25,27). The highest BCUT2D eigenvalue weighted by Gasteiger charge is 2.32. The Kier molecular flexibility index (Phi) is 6.17. The Morgan fingerprint density at radius 1 is 1.16 bits per heavy atom. The predicted octanol–water partition coefficient (Wildman–Crippen LogP) is 3.86. The highest BCUT2D eigenvalue weighted by molar-refractivity contribution is 7.89. The van der Waals surface area contributed by atoms with E-state index in [-0.39, 0.29) is 16.7 Å². The van der Waals surface area contributed by atoms with E-state index in [2.05, 4.69) is 41.3 Å². The fourth-order valence-electron chi connectivity index (χ4n) is 3.58. The molecule has 7 nitrogen and oxygen atoms in total. The number of carbonyl (C=O) groups is 1. The van der Waals surface area contributed by atoms with Gasteiger partial charge in [0, 0.05) is 42.3 Å². The Morgan fingerprint density at radius 2 is 1.94 bits per heavy atom. The van der Waals surface area contributed by atoms with Crippen LogP contribution in [0.4, 0.5) is 5.13 Å². The van der Waals surface area contributed by atoms with Gasteiger partial charge in [0.2, 0.25) is 15.9 Å². The van der Waals surface area contributed by atoms with Gasteiger partial charge in [-0.2, -0.15) is 4.31 Å². The molecule has 31 heavy (non-hydrogen) atoms. The summed E-state index contributed by atoms with van der Waals surface area (Å²) in [6, 6.07) is 9.33. The van der Waals surface area contributed by atoms with Crippen molar-refractivity contribution >= 4 is 32.4 Å². The van der Waals surface area contributed by atoms with Crippen LogP contribution in [0.3, 0.4) is 0 Å². The minimum Gasteiger partial charge on any atom is -0.302 e. The average Bonchev–Trinajstić information content (AvgIpc) is 3.25. The zero-order valence-corrected chi connectivity index (χ0v) is 19.0. The van der Waals surface area contributed by atoms with Crippen LogP contribution in [0.2, 0.25) is 0 Å². The Labute approximate surface area is 186 Å². The SMILES string of the molecule is Cc1ccc(-c2csc(NC(=O)C3CCN(S(=O)(=O)c4cccnc4)CC3)n2)cc1C. The van der Waals surface area contributed by atoms with Crippen molar-refractivity contribution in [3.8, 4) is 11.3 Å². The number of thiazole rings is 1. The summed E-state index contributed by atoms with van der Waals surface area (Å²) in [5.41, 5.74) is 4.28. The van der Waals surface area contributed by atoms with Gasteiger partial charge in [0.05, 0.1) is 5.69 Å². The fourth-order valence-corrected chi connectivity index (χ4v) is 5.74. The van der Waals surface area contributed by atoms with E-state index in [1.165, 1.54) is 39.0 Å². The van der Waals surface area contributed by atoms with Crippen LogP contribution in [-0.2, 0) is 14.8 Å². The quantitative estimate of drug-likeness (QED) is 0.629. The van der Waals surface area contributed by atoms with Gasteiger partial charge in [0.25, 0.3) is 0 Å². The van der Waals surface area contributed by atoms with E-state index in [1.54, 1.807) is 12.3 Å². The topological polar surface area (TPSA) is 92.3 Å². The zero-order valence-electron chi connectivity index (χ0n) is 17.4. The van der Waals surface area contributed by atoms with Crippen LogP contribution in [0.15, 0.2) is 53.0 Å². The monoisotopic (exact) mass is 456 g/mol. The molecule has 162 valence electrons. The normalized spacial score (nSPS) is 15.7. The van der Waals surface area contributed by atoms with Crippen molar-refractivity contribution in [2.24, 2.45) is 5.92 Å². The van der Waals surface area contributed by atoms with Gasteiger partial charge in [-0.25, -0.2) is 13.4 Å². The second-order valence-electron chi connectivity index (χ2n) is 7.69. The molecule has 0 bridgehead atoms. The van der Waals surface area contributed by atoms with Crippen LogP contribution in [0.5, 0.6) is 0 Å². The molecule has 0 unspecified atom stereocenters. The van der Waals surface area contributed by atoms with E-state index in [4.69, 9.17) is 0 Å². The summed E-state index contributed by atoms with van der Waals surface area (Å²) < 4.78 is 26.9. The Hall–Kier alpha value is -2.62. The van der Waals surface area contributed by atoms with Crippen molar-refractivity contribution in [3.05, 3.63) is 59.2 Å². The molecule has 3 heterocycles. The predicted molar refractivity (Wildman–Crippen MR) is 121 cm³/mol. The number of carbonyl (C=O) groups excluding carboxylic acids is 1. The number of piperidine rings is 1. The van der Waals surface area contributed by atoms with Crippen LogP contribution in [0, 0.1) is 19.8 Å². The molecule has 1 fully saturated rings. The first kappa shape index (κ1) is 21.6. The average molecular weight is 457 g/mol. The molecule has 1 aliphatic rings. The maximum Gasteiger partial charge on any atom is 0.244 e. The number of rotatable bonds is 5. The molecule has 4 rings (SSSR count). The van der Waals surface area contributed by atoms with E-state index < -0.39 is 10.0 Å². The van der Waals surface area contributed by atoms with Crippen LogP contribution >= 0.6 is 11.3 Å². The number of hydrogen-bond donors (Lipinski definition) is 1. The van der Waals surface area contributed by atoms with Gasteiger partial charge in [0.1, 0.15) is 4.90 Å². The fraction of sp³-hybridized carbons (Fsp3) is 0.318. The number of amides is 1. The molecule has 0 atom stereocenters. The van der Waals surface area contributed by atoms with E-state index >= 15 is 0 Å². The lowest BCUT2D eigenvalue weighted by atomic mass is 9.97. The summed E-state index contributed by atoms with van der Waals surface area (Å²) in [4.78, 5) is 21.3. The number of aryl methyl sites for hydroxylation is 2. The molecular formula is C22H24N4O3S2. The third-order valence-corrected chi connectivity index (χ3v) is 8.27. The number of nitrogens with one attached hydrogen (secondary N) is 1. The lowest BCUT2D eigenvalue weighted by molar-refractivity contribution is -0.120. The third kappa shape index (κ3) is 4.68. The molecule has 9 heteroatoms. The van der Waals surface area contributed by atoms with Crippen molar-refractivity contribution in [3.63, 3.8) is 0 Å². The van der Waals surface area contributed by atoms with Crippen LogP contribution in [0.1, 0.15) is 24.0 Å². The van der Waals surface area contributed by atoms with Crippen molar-refractivity contribution in [2.45, 2.75) is 31.6 Å². The van der Waals surface area contributed by atoms with Gasteiger partial charge in [-0.3, -0.25) is 9.78 Å². The molecule has 0 spiro atoms.